The van der Waals surface area contributed by atoms with Gasteiger partial charge in [-0.25, -0.2) is 14.5 Å². The minimum Gasteiger partial charge on any atom is -0.508 e. The third kappa shape index (κ3) is 23.7. The molecule has 0 spiro atoms. The average molecular weight is 1480 g/mol. The molecule has 6 N–H and O–H groups in total. The molecule has 5 heterocycles. The highest BCUT2D eigenvalue weighted by Gasteiger charge is 2.50. The molecule has 2 unspecified atom stereocenters. The van der Waals surface area contributed by atoms with E-state index in [-0.39, 0.29) is 104 Å². The zero-order chi connectivity index (χ0) is 75.2. The second kappa shape index (κ2) is 42.8. The molecule has 3 amide bonds. The summed E-state index contributed by atoms with van der Waals surface area (Å²) in [5.74, 6) is -3.01. The number of nitrogens with two attached hydrogens (primary N) is 1. The lowest BCUT2D eigenvalue weighted by molar-refractivity contribution is -0.172. The Bertz CT molecular complexity index is 3650. The Labute approximate surface area is 619 Å². The highest BCUT2D eigenvalue weighted by molar-refractivity contribution is 6.39. The molecular weight excluding hydrogens is 1370 g/mol. The van der Waals surface area contributed by atoms with Gasteiger partial charge in [-0.3, -0.25) is 38.5 Å². The van der Waals surface area contributed by atoms with Gasteiger partial charge in [-0.1, -0.05) is 56.7 Å². The highest BCUT2D eigenvalue weighted by atomic mass is 16.6. The van der Waals surface area contributed by atoms with E-state index < -0.39 is 41.9 Å². The summed E-state index contributed by atoms with van der Waals surface area (Å²) in [7, 11) is 0. The fourth-order valence-electron chi connectivity index (χ4n) is 14.0. The van der Waals surface area contributed by atoms with Gasteiger partial charge in [0.25, 0.3) is 0 Å². The number of nitrogens with zero attached hydrogens (tertiary/aromatic N) is 6. The number of carbonyl (C=O) groups is 8. The summed E-state index contributed by atoms with van der Waals surface area (Å²) >= 11 is 0. The van der Waals surface area contributed by atoms with Crippen LogP contribution in [0.2, 0.25) is 0 Å². The Hall–Kier alpha value is -7.65. The Morgan fingerprint density at radius 2 is 1.38 bits per heavy atom. The van der Waals surface area contributed by atoms with E-state index in [2.05, 4.69) is 32.8 Å². The van der Waals surface area contributed by atoms with Crippen LogP contribution >= 0.6 is 0 Å². The van der Waals surface area contributed by atoms with Gasteiger partial charge in [0, 0.05) is 80.4 Å². The summed E-state index contributed by atoms with van der Waals surface area (Å²) in [5, 5.41) is 37.0. The number of nitrogens with one attached hydrogen (secondary N) is 2. The first kappa shape index (κ1) is 82.4. The largest absolute Gasteiger partial charge is 0.508 e. The van der Waals surface area contributed by atoms with Gasteiger partial charge in [0.15, 0.2) is 23.3 Å². The maximum absolute atomic E-state index is 14.0. The molecule has 2 aromatic carbocycles. The van der Waals surface area contributed by atoms with Gasteiger partial charge >= 0.3 is 5.97 Å². The fourth-order valence-corrected chi connectivity index (χ4v) is 14.0. The van der Waals surface area contributed by atoms with Crippen LogP contribution in [0.4, 0.5) is 0 Å². The van der Waals surface area contributed by atoms with Gasteiger partial charge in [0.2, 0.25) is 29.3 Å². The Morgan fingerprint density at radius 3 is 1.99 bits per heavy atom. The molecule has 4 atom stereocenters. The summed E-state index contributed by atoms with van der Waals surface area (Å²) < 4.78 is 57.8. The number of amides is 3. The summed E-state index contributed by atoms with van der Waals surface area (Å²) in [4.78, 5) is 113. The first-order chi connectivity index (χ1) is 51.5. The molecule has 2 aliphatic carbocycles. The number of hydrogen-bond acceptors (Lipinski definition) is 26. The predicted molar refractivity (Wildman–Crippen MR) is 386 cm³/mol. The summed E-state index contributed by atoms with van der Waals surface area (Å²) in [6, 6.07) is 10.8. The lowest BCUT2D eigenvalue weighted by atomic mass is 9.74. The van der Waals surface area contributed by atoms with Crippen LogP contribution in [0.3, 0.4) is 0 Å². The smallest absolute Gasteiger partial charge is 0.340 e. The van der Waals surface area contributed by atoms with E-state index in [4.69, 9.17) is 58.1 Å². The standard InChI is InChI=1S/C77H107N9O20/c1-4-61-62-42-59(87)20-21-65(62)81-71-63(61)49-84-47-57-19-22-69(90)77(5-2,64(57)43-67(71)84)106-76(96)72(92)55-15-11-53(12-16-55)44-79-66(10-6-7-23-78)73(93)68(89)51-105-50-60(88)9-8-25-97-27-29-99-31-33-101-35-37-103-39-40-104-38-36-102-34-32-100-30-28-98-26-24-85-48-58(82-83-85)45-80-74(94)56-17-13-54(14-18-56)46-86-70(91)41-52(3)75(86)95/h11-12,15-16,20-21,42-43,48,52,54,56,66,72,79,87,92H,4-10,13-14,17-19,22-41,44-47,49-51,78H2,1-3H3,(H,80,94)/t52?,54?,56?,66-,72?,77-/m0/s1. The van der Waals surface area contributed by atoms with Crippen molar-refractivity contribution in [1.29, 1.82) is 0 Å². The number of aromatic hydroxyl groups is 1. The first-order valence-corrected chi connectivity index (χ1v) is 37.6. The number of aromatic nitrogens is 4. The first-order valence-electron chi connectivity index (χ1n) is 37.6. The van der Waals surface area contributed by atoms with E-state index >= 15 is 0 Å². The van der Waals surface area contributed by atoms with E-state index in [0.29, 0.717) is 187 Å². The van der Waals surface area contributed by atoms with Crippen LogP contribution in [-0.4, -0.2) is 237 Å². The van der Waals surface area contributed by atoms with Gasteiger partial charge in [-0.15, -0.1) is 5.10 Å². The molecule has 0 bridgehead atoms. The number of phenolic OH excluding ortho intramolecular Hbond substituents is 1. The molecule has 3 aliphatic heterocycles. The minimum atomic E-state index is -1.71. The number of phenols is 1. The number of esters is 1. The van der Waals surface area contributed by atoms with Gasteiger partial charge < -0.3 is 78.8 Å². The number of unbranched alkanes of at least 4 members (excludes halogenated alkanes) is 1. The van der Waals surface area contributed by atoms with Crippen molar-refractivity contribution in [3.05, 3.63) is 99.5 Å². The molecule has 2 aromatic heterocycles. The van der Waals surface area contributed by atoms with E-state index in [0.717, 1.165) is 71.1 Å². The van der Waals surface area contributed by atoms with Crippen molar-refractivity contribution in [2.75, 3.05) is 139 Å². The molecule has 1 saturated heterocycles. The van der Waals surface area contributed by atoms with Crippen molar-refractivity contribution >= 4 is 63.4 Å². The summed E-state index contributed by atoms with van der Waals surface area (Å²) in [6.45, 7) is 14.1. The molecule has 2 fully saturated rings. The van der Waals surface area contributed by atoms with E-state index in [9.17, 15) is 48.6 Å². The quantitative estimate of drug-likeness (QED) is 0.0166. The zero-order valence-electron chi connectivity index (χ0n) is 61.7. The van der Waals surface area contributed by atoms with Crippen molar-refractivity contribution in [1.82, 2.24) is 40.4 Å². The zero-order valence-corrected chi connectivity index (χ0v) is 61.7. The SMILES string of the molecule is CCc1c2c(nc3ccc(O)cc13)C1=CC3=C(CCC(=O)[C@@]3(CC)OC(=O)C(O)c3ccc(CN[C@@H](CCCCN)C(=O)C(=O)COCC(=O)CCCOCCOCCOCCOCCOCCOCCOCCOCCn4cc(CNC(=O)C5CCC(CN6C(=O)CC(C)C6=O)CC5)nn4)cc3)CN1C2. The molecule has 9 rings (SSSR count). The predicted octanol–water partition coefficient (Wildman–Crippen LogP) is 5.09. The van der Waals surface area contributed by atoms with Gasteiger partial charge in [-0.05, 0) is 123 Å². The number of fused-ring (bicyclic) bond motifs is 4. The van der Waals surface area contributed by atoms with Crippen molar-refractivity contribution in [3.8, 4) is 5.75 Å². The number of imide groups is 1. The van der Waals surface area contributed by atoms with E-state index in [1.807, 2.05) is 6.08 Å². The molecule has 0 radical (unpaired) electrons. The topological polar surface area (TPSA) is 369 Å². The Balaban J connectivity index is 0.530. The summed E-state index contributed by atoms with van der Waals surface area (Å²) in [5.41, 5.74) is 11.9. The molecule has 1 saturated carbocycles. The number of benzene rings is 2. The summed E-state index contributed by atoms with van der Waals surface area (Å²) in [6.07, 6.45) is 9.11. The maximum atomic E-state index is 14.0. The lowest BCUT2D eigenvalue weighted by Crippen LogP contribution is -2.49. The molecule has 106 heavy (non-hydrogen) atoms. The van der Waals surface area contributed by atoms with Crippen molar-refractivity contribution in [2.45, 2.75) is 155 Å². The number of carbonyl (C=O) groups excluding carboxylic acids is 8. The maximum Gasteiger partial charge on any atom is 0.340 e. The van der Waals surface area contributed by atoms with Crippen LogP contribution in [0, 0.1) is 17.8 Å². The average Bonchev–Trinajstić information content (AvgIpc) is 1.48. The van der Waals surface area contributed by atoms with Crippen LogP contribution in [-0.2, 0) is 118 Å². The van der Waals surface area contributed by atoms with Crippen molar-refractivity contribution in [3.63, 3.8) is 0 Å². The highest BCUT2D eigenvalue weighted by Crippen LogP contribution is 2.47. The second-order valence-electron chi connectivity index (χ2n) is 27.4. The van der Waals surface area contributed by atoms with E-state index in [1.165, 1.54) is 4.90 Å². The minimum absolute atomic E-state index is 0.0145. The monoisotopic (exact) mass is 1480 g/mol. The molecule has 29 heteroatoms. The number of aliphatic hydroxyl groups excluding tert-OH is 1. The number of ketones is 4. The second-order valence-corrected chi connectivity index (χ2v) is 27.4. The van der Waals surface area contributed by atoms with Crippen molar-refractivity contribution in [2.24, 2.45) is 23.5 Å². The number of likely N-dealkylation sites (tertiary alicyclic amines) is 1. The van der Waals surface area contributed by atoms with Crippen LogP contribution < -0.4 is 16.4 Å². The van der Waals surface area contributed by atoms with Crippen LogP contribution in [0.1, 0.15) is 144 Å². The lowest BCUT2D eigenvalue weighted by Gasteiger charge is -2.41. The number of pyridine rings is 1. The molecule has 4 aromatic rings. The number of aryl methyl sites for hydroxylation is 1. The molecule has 29 nitrogen and oxygen atoms in total. The van der Waals surface area contributed by atoms with Gasteiger partial charge in [-0.2, -0.15) is 0 Å². The number of rotatable bonds is 51. The van der Waals surface area contributed by atoms with Gasteiger partial charge in [0.05, 0.1) is 141 Å². The van der Waals surface area contributed by atoms with Crippen LogP contribution in [0.5, 0.6) is 5.75 Å². The molecule has 5 aliphatic rings. The van der Waals surface area contributed by atoms with Gasteiger partial charge in [0.1, 0.15) is 24.7 Å². The molecule has 580 valence electrons. The molecular formula is C77H107N9O20. The fraction of sp³-hybridized carbons (Fsp3) is 0.623. The number of Topliss-reactive ketones (excluding diaryl/α,β-unsaturated/α-hetero) is 4. The third-order valence-corrected chi connectivity index (χ3v) is 19.9. The van der Waals surface area contributed by atoms with Crippen LogP contribution in [0.25, 0.3) is 16.6 Å². The Morgan fingerprint density at radius 1 is 0.736 bits per heavy atom. The number of aliphatic hydroxyl groups is 1. The number of ether oxygens (including phenoxy) is 10. The van der Waals surface area contributed by atoms with Crippen LogP contribution in [0.15, 0.2) is 65.9 Å². The van der Waals surface area contributed by atoms with Crippen molar-refractivity contribution < 1.29 is 95.9 Å². The third-order valence-electron chi connectivity index (χ3n) is 19.9. The Kier molecular flexibility index (Phi) is 33.3. The van der Waals surface area contributed by atoms with E-state index in [1.54, 1.807) is 67.2 Å². The normalized spacial score (nSPS) is 19.2. The number of hydrogen-bond donors (Lipinski definition) is 5.